The lowest BCUT2D eigenvalue weighted by atomic mass is 10.3. The van der Waals surface area contributed by atoms with Crippen LogP contribution in [0.25, 0.3) is 0 Å². The highest BCUT2D eigenvalue weighted by atomic mass is 32.2. The van der Waals surface area contributed by atoms with Gasteiger partial charge in [0.15, 0.2) is 0 Å². The number of sulfonamides is 1. The number of hydrazine groups is 1. The predicted molar refractivity (Wildman–Crippen MR) is 70.2 cm³/mol. The molecule has 0 aliphatic heterocycles. The number of carbonyl (C=O) groups excluding carboxylic acids is 1. The van der Waals surface area contributed by atoms with Crippen molar-refractivity contribution in [1.82, 2.24) is 10.0 Å². The number of nitrogens with zero attached hydrogens (tertiary/aromatic N) is 1. The van der Waals surface area contributed by atoms with Gasteiger partial charge in [-0.05, 0) is 6.07 Å². The molecule has 110 valence electrons. The lowest BCUT2D eigenvalue weighted by Gasteiger charge is -2.10. The normalized spacial score (nSPS) is 10.9. The molecule has 10 nitrogen and oxygen atoms in total. The van der Waals surface area contributed by atoms with Crippen LogP contribution in [0.4, 0.5) is 11.4 Å². The van der Waals surface area contributed by atoms with Crippen LogP contribution in [0.3, 0.4) is 0 Å². The number of nitro benzene ring substituents is 1. The summed E-state index contributed by atoms with van der Waals surface area (Å²) in [5.41, 5.74) is 1.69. The number of nitro groups is 1. The number of non-ortho nitro benzene ring substituents is 1. The Bertz CT molecular complexity index is 630. The molecule has 0 aliphatic rings. The number of hydrogen-bond acceptors (Lipinski definition) is 7. The van der Waals surface area contributed by atoms with E-state index in [-0.39, 0.29) is 5.69 Å². The molecule has 0 spiro atoms. The molecule has 0 saturated carbocycles. The number of amides is 1. The number of carbonyl (C=O) groups is 1. The first-order chi connectivity index (χ1) is 9.31. The van der Waals surface area contributed by atoms with Gasteiger partial charge in [0, 0.05) is 19.2 Å². The monoisotopic (exact) mass is 303 g/mol. The molecule has 1 aromatic rings. The van der Waals surface area contributed by atoms with E-state index in [1.165, 1.54) is 7.05 Å². The first-order valence-electron chi connectivity index (χ1n) is 5.27. The first kappa shape index (κ1) is 15.8. The zero-order valence-electron chi connectivity index (χ0n) is 10.4. The van der Waals surface area contributed by atoms with Crippen LogP contribution in [0.1, 0.15) is 0 Å². The summed E-state index contributed by atoms with van der Waals surface area (Å²) in [5.74, 6) is 4.61. The molecule has 0 heterocycles. The zero-order valence-corrected chi connectivity index (χ0v) is 11.2. The van der Waals surface area contributed by atoms with Gasteiger partial charge in [0.05, 0.1) is 17.2 Å². The number of nitrogens with one attached hydrogen (secondary N) is 3. The standard InChI is InChI=1S/C9H13N5O5S/c1-11-9(15)5-12-20(18,19)8-4-6(14(16)17)2-3-7(8)13-10/h2-4,12-13H,5,10H2,1H3,(H,11,15). The third-order valence-electron chi connectivity index (χ3n) is 2.32. The third kappa shape index (κ3) is 3.63. The first-order valence-corrected chi connectivity index (χ1v) is 6.75. The number of nitrogens with two attached hydrogens (primary N) is 1. The van der Waals surface area contributed by atoms with E-state index >= 15 is 0 Å². The fourth-order valence-corrected chi connectivity index (χ4v) is 2.46. The van der Waals surface area contributed by atoms with Gasteiger partial charge in [-0.15, -0.1) is 0 Å². The van der Waals surface area contributed by atoms with Crippen LogP contribution < -0.4 is 21.3 Å². The van der Waals surface area contributed by atoms with Gasteiger partial charge in [-0.25, -0.2) is 13.1 Å². The molecule has 0 aromatic heterocycles. The van der Waals surface area contributed by atoms with E-state index in [1.54, 1.807) is 0 Å². The highest BCUT2D eigenvalue weighted by Crippen LogP contribution is 2.25. The second-order valence-electron chi connectivity index (χ2n) is 3.58. The predicted octanol–water partition coefficient (Wildman–Crippen LogP) is -1.10. The summed E-state index contributed by atoms with van der Waals surface area (Å²) < 4.78 is 26.0. The topological polar surface area (TPSA) is 156 Å². The Morgan fingerprint density at radius 3 is 2.60 bits per heavy atom. The number of likely N-dealkylation sites (N-methyl/N-ethyl adjacent to an activating group) is 1. The molecule has 0 unspecified atom stereocenters. The number of benzene rings is 1. The van der Waals surface area contributed by atoms with Crippen LogP contribution in [-0.4, -0.2) is 32.8 Å². The number of anilines is 1. The smallest absolute Gasteiger partial charge is 0.270 e. The maximum atomic E-state index is 12.0. The molecule has 20 heavy (non-hydrogen) atoms. The Hall–Kier alpha value is -2.24. The highest BCUT2D eigenvalue weighted by molar-refractivity contribution is 7.89. The minimum atomic E-state index is -4.12. The van der Waals surface area contributed by atoms with Crippen LogP contribution in [0, 0.1) is 10.1 Å². The summed E-state index contributed by atoms with van der Waals surface area (Å²) in [5, 5.41) is 12.9. The van der Waals surface area contributed by atoms with E-state index in [2.05, 4.69) is 10.7 Å². The Balaban J connectivity index is 3.18. The minimum Gasteiger partial charge on any atom is -0.358 e. The van der Waals surface area contributed by atoms with Crippen molar-refractivity contribution in [3.63, 3.8) is 0 Å². The van der Waals surface area contributed by atoms with Gasteiger partial charge in [-0.1, -0.05) is 0 Å². The molecule has 1 aromatic carbocycles. The Morgan fingerprint density at radius 1 is 1.45 bits per heavy atom. The summed E-state index contributed by atoms with van der Waals surface area (Å²) in [6.45, 7) is -0.495. The van der Waals surface area contributed by atoms with Crippen LogP contribution in [-0.2, 0) is 14.8 Å². The number of nitrogen functional groups attached to an aromatic ring is 1. The third-order valence-corrected chi connectivity index (χ3v) is 3.76. The summed E-state index contributed by atoms with van der Waals surface area (Å²) >= 11 is 0. The van der Waals surface area contributed by atoms with Gasteiger partial charge in [-0.2, -0.15) is 0 Å². The SMILES string of the molecule is CNC(=O)CNS(=O)(=O)c1cc([N+](=O)[O-])ccc1NN. The van der Waals surface area contributed by atoms with Gasteiger partial charge in [0.1, 0.15) is 4.90 Å². The average molecular weight is 303 g/mol. The molecule has 1 amide bonds. The average Bonchev–Trinajstić information content (AvgIpc) is 2.43. The quantitative estimate of drug-likeness (QED) is 0.295. The molecule has 0 atom stereocenters. The van der Waals surface area contributed by atoms with E-state index in [4.69, 9.17) is 5.84 Å². The van der Waals surface area contributed by atoms with Gasteiger partial charge in [0.25, 0.3) is 5.69 Å². The summed E-state index contributed by atoms with van der Waals surface area (Å²) in [6, 6.07) is 3.11. The van der Waals surface area contributed by atoms with Crippen molar-refractivity contribution in [2.24, 2.45) is 5.84 Å². The molecule has 0 aliphatic carbocycles. The Labute approximate surface area is 114 Å². The van der Waals surface area contributed by atoms with Crippen LogP contribution in [0.15, 0.2) is 23.1 Å². The van der Waals surface area contributed by atoms with Crippen molar-refractivity contribution in [3.05, 3.63) is 28.3 Å². The Kier molecular flexibility index (Phi) is 4.96. The van der Waals surface area contributed by atoms with Gasteiger partial charge in [-0.3, -0.25) is 20.8 Å². The molecule has 0 fully saturated rings. The van der Waals surface area contributed by atoms with Crippen molar-refractivity contribution < 1.29 is 18.1 Å². The van der Waals surface area contributed by atoms with Crippen LogP contribution >= 0.6 is 0 Å². The van der Waals surface area contributed by atoms with Gasteiger partial charge in [0.2, 0.25) is 15.9 Å². The van der Waals surface area contributed by atoms with Crippen molar-refractivity contribution in [3.8, 4) is 0 Å². The molecule has 11 heteroatoms. The Morgan fingerprint density at radius 2 is 2.10 bits per heavy atom. The minimum absolute atomic E-state index is 0.0278. The van der Waals surface area contributed by atoms with Gasteiger partial charge < -0.3 is 10.7 Å². The molecule has 0 bridgehead atoms. The van der Waals surface area contributed by atoms with Crippen LogP contribution in [0.5, 0.6) is 0 Å². The largest absolute Gasteiger partial charge is 0.358 e. The number of rotatable bonds is 6. The van der Waals surface area contributed by atoms with E-state index in [1.807, 2.05) is 4.72 Å². The van der Waals surface area contributed by atoms with Crippen molar-refractivity contribution in [2.75, 3.05) is 19.0 Å². The molecule has 0 radical (unpaired) electrons. The van der Waals surface area contributed by atoms with Crippen molar-refractivity contribution in [2.45, 2.75) is 4.90 Å². The number of hydrogen-bond donors (Lipinski definition) is 4. The van der Waals surface area contributed by atoms with E-state index < -0.39 is 38.0 Å². The van der Waals surface area contributed by atoms with E-state index in [0.717, 1.165) is 18.2 Å². The van der Waals surface area contributed by atoms with E-state index in [9.17, 15) is 23.3 Å². The molecular weight excluding hydrogens is 290 g/mol. The van der Waals surface area contributed by atoms with Crippen molar-refractivity contribution in [1.29, 1.82) is 0 Å². The summed E-state index contributed by atoms with van der Waals surface area (Å²) in [7, 11) is -2.78. The fraction of sp³-hybridized carbons (Fsp3) is 0.222. The molecule has 5 N–H and O–H groups in total. The maximum Gasteiger partial charge on any atom is 0.270 e. The molecule has 1 rings (SSSR count). The second kappa shape index (κ2) is 6.27. The summed E-state index contributed by atoms with van der Waals surface area (Å²) in [6.07, 6.45) is 0. The van der Waals surface area contributed by atoms with E-state index in [0.29, 0.717) is 0 Å². The van der Waals surface area contributed by atoms with Gasteiger partial charge >= 0.3 is 0 Å². The lowest BCUT2D eigenvalue weighted by molar-refractivity contribution is -0.385. The lowest BCUT2D eigenvalue weighted by Crippen LogP contribution is -2.35. The highest BCUT2D eigenvalue weighted by Gasteiger charge is 2.22. The second-order valence-corrected chi connectivity index (χ2v) is 5.32. The maximum absolute atomic E-state index is 12.0. The van der Waals surface area contributed by atoms with Crippen molar-refractivity contribution >= 4 is 27.3 Å². The summed E-state index contributed by atoms with van der Waals surface area (Å²) in [4.78, 5) is 20.5. The zero-order chi connectivity index (χ0) is 15.3. The molecule has 0 saturated heterocycles. The molecular formula is C9H13N5O5S. The fourth-order valence-electron chi connectivity index (χ4n) is 1.29. The van der Waals surface area contributed by atoms with Crippen LogP contribution in [0.2, 0.25) is 0 Å².